The molecule has 1 aromatic rings. The molecule has 1 aliphatic carbocycles. The molecule has 1 saturated heterocycles. The Bertz CT molecular complexity index is 719. The van der Waals surface area contributed by atoms with Gasteiger partial charge in [-0.15, -0.1) is 0 Å². The fourth-order valence-corrected chi connectivity index (χ4v) is 4.69. The van der Waals surface area contributed by atoms with Gasteiger partial charge in [-0.3, -0.25) is 0 Å². The van der Waals surface area contributed by atoms with Gasteiger partial charge in [0.05, 0.1) is 11.7 Å². The Hall–Kier alpha value is -1.29. The maximum absolute atomic E-state index is 12.4. The van der Waals surface area contributed by atoms with Gasteiger partial charge in [-0.2, -0.15) is 17.4 Å². The number of anilines is 1. The molecule has 0 radical (unpaired) electrons. The fraction of sp³-hybridized carbons (Fsp3) is 0.765. The smallest absolute Gasteiger partial charge is 0.279 e. The molecule has 0 spiro atoms. The largest absolute Gasteiger partial charge is 0.396 e. The van der Waals surface area contributed by atoms with Crippen LogP contribution in [0.1, 0.15) is 49.9 Å². The highest BCUT2D eigenvalue weighted by Crippen LogP contribution is 2.30. The van der Waals surface area contributed by atoms with E-state index in [-0.39, 0.29) is 12.6 Å². The lowest BCUT2D eigenvalue weighted by Crippen LogP contribution is -2.41. The summed E-state index contributed by atoms with van der Waals surface area (Å²) in [6.45, 7) is 4.17. The number of aliphatic hydroxyl groups is 1. The third-order valence-corrected chi connectivity index (χ3v) is 7.13. The first kappa shape index (κ1) is 19.5. The van der Waals surface area contributed by atoms with Crippen molar-refractivity contribution in [1.29, 1.82) is 0 Å². The van der Waals surface area contributed by atoms with Crippen LogP contribution in [0.5, 0.6) is 0 Å². The van der Waals surface area contributed by atoms with Gasteiger partial charge in [0.2, 0.25) is 5.95 Å². The molecule has 0 amide bonds. The lowest BCUT2D eigenvalue weighted by molar-refractivity contribution is 0.202. The highest BCUT2D eigenvalue weighted by molar-refractivity contribution is 7.87. The van der Waals surface area contributed by atoms with Crippen molar-refractivity contribution < 1.29 is 13.5 Å². The average Bonchev–Trinajstić information content (AvgIpc) is 2.67. The maximum atomic E-state index is 12.4. The number of nitrogens with one attached hydrogen (secondary N) is 1. The molecule has 9 heteroatoms. The quantitative estimate of drug-likeness (QED) is 0.756. The van der Waals surface area contributed by atoms with Crippen LogP contribution >= 0.6 is 0 Å². The lowest BCUT2D eigenvalue weighted by Gasteiger charge is -2.32. The fourth-order valence-electron chi connectivity index (χ4n) is 3.57. The Morgan fingerprint density at radius 1 is 1.35 bits per heavy atom. The minimum Gasteiger partial charge on any atom is -0.396 e. The molecule has 0 bridgehead atoms. The number of aliphatic hydroxyl groups excluding tert-OH is 1. The van der Waals surface area contributed by atoms with Crippen molar-refractivity contribution in [2.75, 3.05) is 38.2 Å². The molecule has 1 atom stereocenters. The number of nitrogens with zero attached hydrogens (tertiary/aromatic N) is 4. The van der Waals surface area contributed by atoms with E-state index in [9.17, 15) is 13.5 Å². The monoisotopic (exact) mass is 383 g/mol. The maximum Gasteiger partial charge on any atom is 0.279 e. The number of piperidine rings is 1. The van der Waals surface area contributed by atoms with E-state index in [1.807, 2.05) is 6.92 Å². The zero-order valence-corrected chi connectivity index (χ0v) is 16.4. The van der Waals surface area contributed by atoms with Gasteiger partial charge in [-0.05, 0) is 38.0 Å². The third kappa shape index (κ3) is 4.16. The topological polar surface area (TPSA) is 98.7 Å². The number of hydrogen-bond donors (Lipinski definition) is 2. The number of aromatic nitrogens is 2. The predicted octanol–water partition coefficient (Wildman–Crippen LogP) is 0.849. The van der Waals surface area contributed by atoms with Crippen LogP contribution in [-0.4, -0.2) is 61.1 Å². The van der Waals surface area contributed by atoms with Gasteiger partial charge in [-0.25, -0.2) is 9.97 Å². The van der Waals surface area contributed by atoms with Gasteiger partial charge >= 0.3 is 0 Å². The predicted molar refractivity (Wildman–Crippen MR) is 100 cm³/mol. The van der Waals surface area contributed by atoms with Gasteiger partial charge in [0, 0.05) is 45.0 Å². The average molecular weight is 384 g/mol. The van der Waals surface area contributed by atoms with Crippen molar-refractivity contribution in [3.8, 4) is 0 Å². The Balaban J connectivity index is 1.75. The van der Waals surface area contributed by atoms with Gasteiger partial charge < -0.3 is 10.0 Å². The van der Waals surface area contributed by atoms with Crippen LogP contribution in [0.3, 0.4) is 0 Å². The van der Waals surface area contributed by atoms with E-state index in [2.05, 4.69) is 14.6 Å². The lowest BCUT2D eigenvalue weighted by atomic mass is 9.93. The van der Waals surface area contributed by atoms with Crippen molar-refractivity contribution >= 4 is 16.2 Å². The summed E-state index contributed by atoms with van der Waals surface area (Å²) in [6.07, 6.45) is 6.19. The SMILES string of the molecule is CCN(C)S(=O)(=O)N[C@@H]1CCCc2nc(N3CCC(CO)CC3)ncc21. The van der Waals surface area contributed by atoms with Crippen molar-refractivity contribution in [2.24, 2.45) is 5.92 Å². The van der Waals surface area contributed by atoms with Crippen molar-refractivity contribution in [3.63, 3.8) is 0 Å². The molecule has 2 aliphatic rings. The van der Waals surface area contributed by atoms with E-state index in [4.69, 9.17) is 4.98 Å². The number of fused-ring (bicyclic) bond motifs is 1. The van der Waals surface area contributed by atoms with Crippen LogP contribution < -0.4 is 9.62 Å². The molecule has 0 unspecified atom stereocenters. The molecule has 0 saturated carbocycles. The minimum absolute atomic E-state index is 0.243. The van der Waals surface area contributed by atoms with Crippen molar-refractivity contribution in [2.45, 2.75) is 45.1 Å². The van der Waals surface area contributed by atoms with Crippen LogP contribution in [0, 0.1) is 5.92 Å². The second kappa shape index (κ2) is 8.16. The highest BCUT2D eigenvalue weighted by Gasteiger charge is 2.29. The normalized spacial score (nSPS) is 21.8. The molecule has 1 aliphatic heterocycles. The van der Waals surface area contributed by atoms with E-state index >= 15 is 0 Å². The van der Waals surface area contributed by atoms with Crippen molar-refractivity contribution in [3.05, 3.63) is 17.5 Å². The molecular weight excluding hydrogens is 354 g/mol. The molecule has 2 heterocycles. The highest BCUT2D eigenvalue weighted by atomic mass is 32.2. The Morgan fingerprint density at radius 3 is 2.73 bits per heavy atom. The molecule has 146 valence electrons. The number of aryl methyl sites for hydroxylation is 1. The zero-order valence-electron chi connectivity index (χ0n) is 15.6. The standard InChI is InChI=1S/C17H29N5O3S/c1-3-21(2)26(24,25)20-16-6-4-5-15-14(16)11-18-17(19-15)22-9-7-13(12-23)8-10-22/h11,13,16,20,23H,3-10,12H2,1-2H3/t16-/m1/s1. The molecule has 1 fully saturated rings. The summed E-state index contributed by atoms with van der Waals surface area (Å²) < 4.78 is 28.8. The first-order valence-electron chi connectivity index (χ1n) is 9.39. The summed E-state index contributed by atoms with van der Waals surface area (Å²) in [7, 11) is -1.93. The summed E-state index contributed by atoms with van der Waals surface area (Å²) in [5, 5.41) is 9.28. The van der Waals surface area contributed by atoms with Gasteiger partial charge in [0.1, 0.15) is 0 Å². The summed E-state index contributed by atoms with van der Waals surface area (Å²) in [5.74, 6) is 1.09. The van der Waals surface area contributed by atoms with Crippen LogP contribution in [0.2, 0.25) is 0 Å². The molecule has 8 nitrogen and oxygen atoms in total. The summed E-state index contributed by atoms with van der Waals surface area (Å²) in [5.41, 5.74) is 1.83. The minimum atomic E-state index is -3.50. The van der Waals surface area contributed by atoms with E-state index in [0.717, 1.165) is 56.5 Å². The van der Waals surface area contributed by atoms with Crippen LogP contribution in [0.25, 0.3) is 0 Å². The third-order valence-electron chi connectivity index (χ3n) is 5.47. The van der Waals surface area contributed by atoms with Gasteiger partial charge in [0.15, 0.2) is 0 Å². The van der Waals surface area contributed by atoms with E-state index in [0.29, 0.717) is 18.4 Å². The molecule has 1 aromatic heterocycles. The summed E-state index contributed by atoms with van der Waals surface area (Å²) in [4.78, 5) is 11.4. The molecular formula is C17H29N5O3S. The van der Waals surface area contributed by atoms with Crippen molar-refractivity contribution in [1.82, 2.24) is 19.0 Å². The molecule has 3 rings (SSSR count). The van der Waals surface area contributed by atoms with Gasteiger partial charge in [0.25, 0.3) is 10.2 Å². The first-order chi connectivity index (χ1) is 12.4. The summed E-state index contributed by atoms with van der Waals surface area (Å²) >= 11 is 0. The van der Waals surface area contributed by atoms with Crippen LogP contribution in [0.4, 0.5) is 5.95 Å². The van der Waals surface area contributed by atoms with Crippen LogP contribution in [0.15, 0.2) is 6.20 Å². The zero-order chi connectivity index (χ0) is 18.7. The van der Waals surface area contributed by atoms with E-state index < -0.39 is 10.2 Å². The second-order valence-electron chi connectivity index (χ2n) is 7.17. The number of hydrogen-bond acceptors (Lipinski definition) is 6. The molecule has 0 aromatic carbocycles. The molecule has 2 N–H and O–H groups in total. The summed E-state index contributed by atoms with van der Waals surface area (Å²) in [6, 6.07) is -0.271. The number of rotatable bonds is 6. The van der Waals surface area contributed by atoms with E-state index in [1.54, 1.807) is 13.2 Å². The Morgan fingerprint density at radius 2 is 2.08 bits per heavy atom. The van der Waals surface area contributed by atoms with Gasteiger partial charge in [-0.1, -0.05) is 6.92 Å². The van der Waals surface area contributed by atoms with E-state index in [1.165, 1.54) is 4.31 Å². The molecule has 26 heavy (non-hydrogen) atoms. The Kier molecular flexibility index (Phi) is 6.11. The Labute approximate surface area is 155 Å². The second-order valence-corrected chi connectivity index (χ2v) is 8.98. The first-order valence-corrected chi connectivity index (χ1v) is 10.8. The van der Waals surface area contributed by atoms with Crippen LogP contribution in [-0.2, 0) is 16.6 Å².